The molecular formula is C17H20N4O2. The maximum Gasteiger partial charge on any atom is 0.272 e. The largest absolute Gasteiger partial charge is 0.464 e. The van der Waals surface area contributed by atoms with E-state index in [-0.39, 0.29) is 5.91 Å². The summed E-state index contributed by atoms with van der Waals surface area (Å²) >= 11 is 0. The fourth-order valence-corrected chi connectivity index (χ4v) is 2.55. The molecule has 6 heteroatoms. The van der Waals surface area contributed by atoms with Gasteiger partial charge in [-0.2, -0.15) is 5.10 Å². The zero-order valence-electron chi connectivity index (χ0n) is 13.5. The summed E-state index contributed by atoms with van der Waals surface area (Å²) in [5.41, 5.74) is 2.20. The molecule has 0 atom stereocenters. The summed E-state index contributed by atoms with van der Waals surface area (Å²) in [7, 11) is 1.95. The van der Waals surface area contributed by atoms with E-state index in [2.05, 4.69) is 10.2 Å². The second-order valence-electron chi connectivity index (χ2n) is 5.50. The predicted octanol–water partition coefficient (Wildman–Crippen LogP) is 2.98. The SMILES string of the molecule is CCN(Cc1ccc(C)o1)C(=O)c1cc(-c2cccn2C)n[nH]1. The monoisotopic (exact) mass is 312 g/mol. The number of hydrogen-bond donors (Lipinski definition) is 1. The third kappa shape index (κ3) is 3.06. The summed E-state index contributed by atoms with van der Waals surface area (Å²) < 4.78 is 7.52. The Labute approximate surface area is 134 Å². The van der Waals surface area contributed by atoms with E-state index < -0.39 is 0 Å². The van der Waals surface area contributed by atoms with Gasteiger partial charge in [-0.3, -0.25) is 9.89 Å². The fraction of sp³-hybridized carbons (Fsp3) is 0.294. The molecule has 0 saturated carbocycles. The summed E-state index contributed by atoms with van der Waals surface area (Å²) in [6.45, 7) is 4.88. The molecule has 0 spiro atoms. The van der Waals surface area contributed by atoms with Crippen LogP contribution in [0, 0.1) is 6.92 Å². The number of aryl methyl sites for hydroxylation is 2. The smallest absolute Gasteiger partial charge is 0.272 e. The molecule has 1 N–H and O–H groups in total. The highest BCUT2D eigenvalue weighted by molar-refractivity contribution is 5.93. The lowest BCUT2D eigenvalue weighted by Crippen LogP contribution is -2.30. The van der Waals surface area contributed by atoms with Gasteiger partial charge in [0.05, 0.1) is 12.2 Å². The van der Waals surface area contributed by atoms with Crippen molar-refractivity contribution in [3.63, 3.8) is 0 Å². The summed E-state index contributed by atoms with van der Waals surface area (Å²) in [5.74, 6) is 1.53. The quantitative estimate of drug-likeness (QED) is 0.787. The van der Waals surface area contributed by atoms with E-state index in [4.69, 9.17) is 4.42 Å². The topological polar surface area (TPSA) is 67.1 Å². The molecule has 3 aromatic heterocycles. The number of carbonyl (C=O) groups excluding carboxylic acids is 1. The Bertz CT molecular complexity index is 812. The van der Waals surface area contributed by atoms with Gasteiger partial charge in [0, 0.05) is 19.8 Å². The van der Waals surface area contributed by atoms with E-state index in [1.165, 1.54) is 0 Å². The van der Waals surface area contributed by atoms with Crippen LogP contribution in [0.2, 0.25) is 0 Å². The van der Waals surface area contributed by atoms with E-state index in [0.29, 0.717) is 18.8 Å². The Kier molecular flexibility index (Phi) is 4.06. The zero-order chi connectivity index (χ0) is 16.4. The molecule has 0 fully saturated rings. The maximum absolute atomic E-state index is 12.7. The van der Waals surface area contributed by atoms with Gasteiger partial charge in [0.1, 0.15) is 22.9 Å². The van der Waals surface area contributed by atoms with Crippen LogP contribution in [0.4, 0.5) is 0 Å². The molecule has 0 bridgehead atoms. The van der Waals surface area contributed by atoms with Crippen LogP contribution in [0.1, 0.15) is 28.9 Å². The van der Waals surface area contributed by atoms with Crippen molar-refractivity contribution in [2.45, 2.75) is 20.4 Å². The number of amides is 1. The van der Waals surface area contributed by atoms with Crippen LogP contribution >= 0.6 is 0 Å². The molecule has 23 heavy (non-hydrogen) atoms. The summed E-state index contributed by atoms with van der Waals surface area (Å²) in [6.07, 6.45) is 1.95. The van der Waals surface area contributed by atoms with Gasteiger partial charge < -0.3 is 13.9 Å². The summed E-state index contributed by atoms with van der Waals surface area (Å²) in [5, 5.41) is 7.09. The molecule has 3 heterocycles. The molecule has 3 aromatic rings. The first-order valence-electron chi connectivity index (χ1n) is 7.60. The van der Waals surface area contributed by atoms with Gasteiger partial charge in [-0.1, -0.05) is 0 Å². The Morgan fingerprint density at radius 2 is 2.22 bits per heavy atom. The van der Waals surface area contributed by atoms with Crippen molar-refractivity contribution in [3.05, 3.63) is 53.7 Å². The molecular weight excluding hydrogens is 292 g/mol. The van der Waals surface area contributed by atoms with Crippen LogP contribution < -0.4 is 0 Å². The second kappa shape index (κ2) is 6.16. The predicted molar refractivity (Wildman–Crippen MR) is 86.9 cm³/mol. The number of aromatic nitrogens is 3. The van der Waals surface area contributed by atoms with Crippen LogP contribution in [-0.2, 0) is 13.6 Å². The average Bonchev–Trinajstić information content (AvgIpc) is 3.25. The van der Waals surface area contributed by atoms with Crippen LogP contribution in [-0.4, -0.2) is 32.1 Å². The molecule has 0 radical (unpaired) electrons. The van der Waals surface area contributed by atoms with Crippen molar-refractivity contribution >= 4 is 5.91 Å². The van der Waals surface area contributed by atoms with Gasteiger partial charge in [0.15, 0.2) is 0 Å². The van der Waals surface area contributed by atoms with Crippen molar-refractivity contribution in [1.82, 2.24) is 19.7 Å². The Hall–Kier alpha value is -2.76. The van der Waals surface area contributed by atoms with Gasteiger partial charge in [-0.05, 0) is 44.2 Å². The lowest BCUT2D eigenvalue weighted by molar-refractivity contribution is 0.0735. The normalized spacial score (nSPS) is 10.9. The minimum Gasteiger partial charge on any atom is -0.464 e. The van der Waals surface area contributed by atoms with E-state index in [1.807, 2.05) is 55.9 Å². The van der Waals surface area contributed by atoms with Crippen molar-refractivity contribution < 1.29 is 9.21 Å². The van der Waals surface area contributed by atoms with Gasteiger partial charge in [0.25, 0.3) is 5.91 Å². The van der Waals surface area contributed by atoms with Crippen molar-refractivity contribution in [2.75, 3.05) is 6.54 Å². The number of nitrogens with zero attached hydrogens (tertiary/aromatic N) is 3. The molecule has 0 aliphatic rings. The van der Waals surface area contributed by atoms with Crippen LogP contribution in [0.3, 0.4) is 0 Å². The van der Waals surface area contributed by atoms with Gasteiger partial charge in [-0.15, -0.1) is 0 Å². The third-order valence-electron chi connectivity index (χ3n) is 3.83. The van der Waals surface area contributed by atoms with E-state index in [9.17, 15) is 4.79 Å². The van der Waals surface area contributed by atoms with E-state index in [1.54, 1.807) is 11.0 Å². The number of carbonyl (C=O) groups is 1. The number of hydrogen-bond acceptors (Lipinski definition) is 3. The molecule has 120 valence electrons. The van der Waals surface area contributed by atoms with Crippen LogP contribution in [0.5, 0.6) is 0 Å². The van der Waals surface area contributed by atoms with E-state index >= 15 is 0 Å². The number of rotatable bonds is 5. The Balaban J connectivity index is 1.78. The number of aromatic amines is 1. The highest BCUT2D eigenvalue weighted by Crippen LogP contribution is 2.19. The minimum absolute atomic E-state index is 0.0884. The zero-order valence-corrected chi connectivity index (χ0v) is 13.5. The summed E-state index contributed by atoms with van der Waals surface area (Å²) in [4.78, 5) is 14.4. The van der Waals surface area contributed by atoms with Crippen molar-refractivity contribution in [1.29, 1.82) is 0 Å². The fourth-order valence-electron chi connectivity index (χ4n) is 2.55. The minimum atomic E-state index is -0.0884. The third-order valence-corrected chi connectivity index (χ3v) is 3.83. The molecule has 3 rings (SSSR count). The van der Waals surface area contributed by atoms with Gasteiger partial charge in [0.2, 0.25) is 0 Å². The molecule has 0 saturated heterocycles. The van der Waals surface area contributed by atoms with Crippen molar-refractivity contribution in [2.24, 2.45) is 7.05 Å². The van der Waals surface area contributed by atoms with Crippen LogP contribution in [0.25, 0.3) is 11.4 Å². The van der Waals surface area contributed by atoms with Gasteiger partial charge >= 0.3 is 0 Å². The molecule has 0 aliphatic heterocycles. The first-order valence-corrected chi connectivity index (χ1v) is 7.60. The second-order valence-corrected chi connectivity index (χ2v) is 5.50. The highest BCUT2D eigenvalue weighted by atomic mass is 16.3. The van der Waals surface area contributed by atoms with Gasteiger partial charge in [-0.25, -0.2) is 0 Å². The Morgan fingerprint density at radius 1 is 1.39 bits per heavy atom. The average molecular weight is 312 g/mol. The number of H-pyrrole nitrogens is 1. The number of nitrogens with one attached hydrogen (secondary N) is 1. The molecule has 6 nitrogen and oxygen atoms in total. The summed E-state index contributed by atoms with van der Waals surface area (Å²) in [6, 6.07) is 9.50. The molecule has 0 aliphatic carbocycles. The molecule has 0 unspecified atom stereocenters. The first kappa shape index (κ1) is 15.1. The molecule has 1 amide bonds. The highest BCUT2D eigenvalue weighted by Gasteiger charge is 2.19. The number of furan rings is 1. The first-order chi connectivity index (χ1) is 11.1. The van der Waals surface area contributed by atoms with Crippen molar-refractivity contribution in [3.8, 4) is 11.4 Å². The van der Waals surface area contributed by atoms with Crippen LogP contribution in [0.15, 0.2) is 40.9 Å². The lowest BCUT2D eigenvalue weighted by Gasteiger charge is -2.18. The standard InChI is InChI=1S/C17H20N4O2/c1-4-21(11-13-8-7-12(2)23-13)17(22)15-10-14(18-19-15)16-6-5-9-20(16)3/h5-10H,4,11H2,1-3H3,(H,18,19). The maximum atomic E-state index is 12.7. The molecule has 0 aromatic carbocycles. The Morgan fingerprint density at radius 3 is 2.83 bits per heavy atom. The van der Waals surface area contributed by atoms with E-state index in [0.717, 1.165) is 22.9 Å². The lowest BCUT2D eigenvalue weighted by atomic mass is 10.2.